The van der Waals surface area contributed by atoms with Crippen LogP contribution in [-0.2, 0) is 0 Å². The van der Waals surface area contributed by atoms with Gasteiger partial charge in [0.2, 0.25) is 0 Å². The van der Waals surface area contributed by atoms with E-state index in [2.05, 4.69) is 25.9 Å². The first-order valence-electron chi connectivity index (χ1n) is 6.05. The largest absolute Gasteiger partial charge is 0.359 e. The van der Waals surface area contributed by atoms with Gasteiger partial charge in [-0.3, -0.25) is 0 Å². The zero-order valence-electron chi connectivity index (χ0n) is 9.93. The molecule has 5 nitrogen and oxygen atoms in total. The minimum Gasteiger partial charge on any atom is -0.359 e. The molecule has 0 saturated carbocycles. The molecule has 1 aliphatic rings. The fraction of sp³-hybridized carbons (Fsp3) is 0.308. The minimum absolute atomic E-state index is 0.413. The smallest absolute Gasteiger partial charge is 0.179 e. The molecule has 1 saturated heterocycles. The van der Waals surface area contributed by atoms with Crippen molar-refractivity contribution in [1.82, 2.24) is 15.0 Å². The molecule has 1 aliphatic heterocycles. The first-order valence-corrected chi connectivity index (χ1v) is 6.05. The molecule has 90 valence electrons. The van der Waals surface area contributed by atoms with Crippen LogP contribution in [0.15, 0.2) is 24.4 Å². The monoisotopic (exact) mass is 239 g/mol. The van der Waals surface area contributed by atoms with Crippen molar-refractivity contribution in [2.24, 2.45) is 0 Å². The second-order valence-corrected chi connectivity index (χ2v) is 4.32. The van der Waals surface area contributed by atoms with Crippen molar-refractivity contribution in [3.63, 3.8) is 0 Å². The van der Waals surface area contributed by atoms with E-state index in [1.165, 1.54) is 12.8 Å². The van der Waals surface area contributed by atoms with Gasteiger partial charge in [-0.1, -0.05) is 0 Å². The molecule has 2 aromatic rings. The molecular weight excluding hydrogens is 226 g/mol. The third-order valence-electron chi connectivity index (χ3n) is 3.10. The Labute approximate surface area is 105 Å². The number of nitriles is 1. The van der Waals surface area contributed by atoms with Crippen molar-refractivity contribution in [1.29, 1.82) is 5.26 Å². The molecule has 0 amide bonds. The van der Waals surface area contributed by atoms with Gasteiger partial charge in [-0.15, -0.1) is 0 Å². The summed E-state index contributed by atoms with van der Waals surface area (Å²) < 4.78 is 0. The van der Waals surface area contributed by atoms with Crippen molar-refractivity contribution in [2.45, 2.75) is 12.8 Å². The summed E-state index contributed by atoms with van der Waals surface area (Å²) in [5, 5.41) is 9.06. The molecule has 1 N–H and O–H groups in total. The van der Waals surface area contributed by atoms with Crippen molar-refractivity contribution in [3.05, 3.63) is 30.1 Å². The SMILES string of the molecule is N#Cc1cc(N2CCCC2)nc(-c2ccc[nH]2)n1. The van der Waals surface area contributed by atoms with Gasteiger partial charge in [0.15, 0.2) is 5.82 Å². The molecule has 2 aromatic heterocycles. The van der Waals surface area contributed by atoms with Crippen molar-refractivity contribution < 1.29 is 0 Å². The van der Waals surface area contributed by atoms with E-state index in [4.69, 9.17) is 5.26 Å². The number of hydrogen-bond acceptors (Lipinski definition) is 4. The number of H-pyrrole nitrogens is 1. The van der Waals surface area contributed by atoms with E-state index in [-0.39, 0.29) is 0 Å². The lowest BCUT2D eigenvalue weighted by Crippen LogP contribution is -2.19. The third-order valence-corrected chi connectivity index (χ3v) is 3.10. The first kappa shape index (κ1) is 10.8. The van der Waals surface area contributed by atoms with E-state index in [0.717, 1.165) is 24.6 Å². The van der Waals surface area contributed by atoms with Crippen LogP contribution in [0.4, 0.5) is 5.82 Å². The quantitative estimate of drug-likeness (QED) is 0.869. The molecule has 0 aliphatic carbocycles. The van der Waals surface area contributed by atoms with E-state index in [9.17, 15) is 0 Å². The van der Waals surface area contributed by atoms with Gasteiger partial charge in [-0.2, -0.15) is 5.26 Å². The average Bonchev–Trinajstić information content (AvgIpc) is 3.10. The number of anilines is 1. The van der Waals surface area contributed by atoms with Crippen LogP contribution < -0.4 is 4.90 Å². The van der Waals surface area contributed by atoms with Gasteiger partial charge < -0.3 is 9.88 Å². The highest BCUT2D eigenvalue weighted by Crippen LogP contribution is 2.21. The van der Waals surface area contributed by atoms with E-state index >= 15 is 0 Å². The minimum atomic E-state index is 0.413. The predicted molar refractivity (Wildman–Crippen MR) is 68.0 cm³/mol. The summed E-state index contributed by atoms with van der Waals surface area (Å²) in [4.78, 5) is 14.0. The Hall–Kier alpha value is -2.35. The maximum absolute atomic E-state index is 9.06. The summed E-state index contributed by atoms with van der Waals surface area (Å²) >= 11 is 0. The maximum atomic E-state index is 9.06. The molecule has 18 heavy (non-hydrogen) atoms. The highest BCUT2D eigenvalue weighted by molar-refractivity contribution is 5.55. The third kappa shape index (κ3) is 1.93. The number of aromatic nitrogens is 3. The van der Waals surface area contributed by atoms with Crippen molar-refractivity contribution in [2.75, 3.05) is 18.0 Å². The maximum Gasteiger partial charge on any atom is 0.179 e. The zero-order valence-corrected chi connectivity index (χ0v) is 9.93. The normalized spacial score (nSPS) is 14.7. The molecule has 0 unspecified atom stereocenters. The number of hydrogen-bond donors (Lipinski definition) is 1. The molecule has 0 aromatic carbocycles. The van der Waals surface area contributed by atoms with Gasteiger partial charge in [0.1, 0.15) is 17.6 Å². The Bertz CT molecular complexity index is 576. The molecule has 3 rings (SSSR count). The lowest BCUT2D eigenvalue weighted by molar-refractivity contribution is 0.926. The molecule has 0 radical (unpaired) electrons. The molecule has 0 atom stereocenters. The fourth-order valence-electron chi connectivity index (χ4n) is 2.19. The Morgan fingerprint density at radius 3 is 2.78 bits per heavy atom. The van der Waals surface area contributed by atoms with Crippen LogP contribution in [0, 0.1) is 11.3 Å². The predicted octanol–water partition coefficient (Wildman–Crippen LogP) is 1.94. The highest BCUT2D eigenvalue weighted by Gasteiger charge is 2.16. The highest BCUT2D eigenvalue weighted by atomic mass is 15.2. The second-order valence-electron chi connectivity index (χ2n) is 4.32. The van der Waals surface area contributed by atoms with Gasteiger partial charge in [0.25, 0.3) is 0 Å². The van der Waals surface area contributed by atoms with Crippen LogP contribution in [0.5, 0.6) is 0 Å². The van der Waals surface area contributed by atoms with Crippen molar-refractivity contribution in [3.8, 4) is 17.6 Å². The Kier molecular flexibility index (Phi) is 2.69. The van der Waals surface area contributed by atoms with Gasteiger partial charge in [-0.05, 0) is 25.0 Å². The zero-order chi connectivity index (χ0) is 12.4. The molecule has 0 bridgehead atoms. The first-order chi connectivity index (χ1) is 8.86. The summed E-state index contributed by atoms with van der Waals surface area (Å²) in [6.45, 7) is 2.01. The van der Waals surface area contributed by atoms with E-state index < -0.39 is 0 Å². The van der Waals surface area contributed by atoms with Crippen LogP contribution in [0.25, 0.3) is 11.5 Å². The van der Waals surface area contributed by atoms with E-state index in [1.54, 1.807) is 6.07 Å². The topological polar surface area (TPSA) is 68.6 Å². The molecule has 0 spiro atoms. The number of rotatable bonds is 2. The number of nitrogens with one attached hydrogen (secondary N) is 1. The summed E-state index contributed by atoms with van der Waals surface area (Å²) in [6.07, 6.45) is 4.20. The second kappa shape index (κ2) is 4.49. The number of nitrogens with zero attached hydrogens (tertiary/aromatic N) is 4. The van der Waals surface area contributed by atoms with Gasteiger partial charge in [0.05, 0.1) is 5.69 Å². The fourth-order valence-corrected chi connectivity index (χ4v) is 2.19. The van der Waals surface area contributed by atoms with Crippen molar-refractivity contribution >= 4 is 5.82 Å². The summed E-state index contributed by atoms with van der Waals surface area (Å²) in [5.41, 5.74) is 1.25. The van der Waals surface area contributed by atoms with Crippen LogP contribution in [-0.4, -0.2) is 28.0 Å². The van der Waals surface area contributed by atoms with Gasteiger partial charge in [0, 0.05) is 25.4 Å². The summed E-state index contributed by atoms with van der Waals surface area (Å²) in [5.74, 6) is 1.43. The van der Waals surface area contributed by atoms with Crippen LogP contribution >= 0.6 is 0 Å². The van der Waals surface area contributed by atoms with Gasteiger partial charge in [-0.25, -0.2) is 9.97 Å². The van der Waals surface area contributed by atoms with E-state index in [1.807, 2.05) is 18.3 Å². The molecule has 3 heterocycles. The molecule has 1 fully saturated rings. The Balaban J connectivity index is 2.04. The van der Waals surface area contributed by atoms with Crippen LogP contribution in [0.1, 0.15) is 18.5 Å². The molecular formula is C13H13N5. The average molecular weight is 239 g/mol. The lowest BCUT2D eigenvalue weighted by Gasteiger charge is -2.16. The Morgan fingerprint density at radius 1 is 1.28 bits per heavy atom. The number of aromatic amines is 1. The lowest BCUT2D eigenvalue weighted by atomic mass is 10.3. The Morgan fingerprint density at radius 2 is 2.11 bits per heavy atom. The standard InChI is InChI=1S/C13H13N5/c14-9-10-8-12(18-6-1-2-7-18)17-13(16-10)11-4-3-5-15-11/h3-5,8,15H,1-2,6-7H2. The van der Waals surface area contributed by atoms with Gasteiger partial charge >= 0.3 is 0 Å². The van der Waals surface area contributed by atoms with E-state index in [0.29, 0.717) is 11.5 Å². The summed E-state index contributed by atoms with van der Waals surface area (Å²) in [6, 6.07) is 7.67. The summed E-state index contributed by atoms with van der Waals surface area (Å²) in [7, 11) is 0. The van der Waals surface area contributed by atoms with Crippen LogP contribution in [0.2, 0.25) is 0 Å². The molecule has 5 heteroatoms. The van der Waals surface area contributed by atoms with Crippen LogP contribution in [0.3, 0.4) is 0 Å².